The Kier molecular flexibility index (Phi) is 4.63. The summed E-state index contributed by atoms with van der Waals surface area (Å²) in [5.74, 6) is 1.30. The van der Waals surface area contributed by atoms with E-state index in [1.807, 2.05) is 19.1 Å². The van der Waals surface area contributed by atoms with Crippen molar-refractivity contribution in [3.8, 4) is 11.3 Å². The average molecular weight is 356 g/mol. The van der Waals surface area contributed by atoms with Crippen LogP contribution in [0.15, 0.2) is 57.8 Å². The fraction of sp³-hybridized carbons (Fsp3) is 0.211. The highest BCUT2D eigenvalue weighted by molar-refractivity contribution is 7.92. The third-order valence-electron chi connectivity index (χ3n) is 3.96. The van der Waals surface area contributed by atoms with Crippen LogP contribution < -0.4 is 4.72 Å². The summed E-state index contributed by atoms with van der Waals surface area (Å²) >= 11 is 0. The van der Waals surface area contributed by atoms with Gasteiger partial charge in [0.1, 0.15) is 11.5 Å². The first-order valence-electron chi connectivity index (χ1n) is 8.05. The van der Waals surface area contributed by atoms with E-state index in [1.54, 1.807) is 43.3 Å². The lowest BCUT2D eigenvalue weighted by Gasteiger charge is -2.09. The molecule has 1 aromatic heterocycles. The Bertz CT molecular complexity index is 973. The number of nitrogens with one attached hydrogen (secondary N) is 1. The van der Waals surface area contributed by atoms with Gasteiger partial charge >= 0.3 is 0 Å². The lowest BCUT2D eigenvalue weighted by Crippen LogP contribution is -2.12. The van der Waals surface area contributed by atoms with Gasteiger partial charge in [0.15, 0.2) is 5.89 Å². The van der Waals surface area contributed by atoms with Gasteiger partial charge in [-0.05, 0) is 43.2 Å². The Hall–Kier alpha value is -2.60. The molecule has 0 amide bonds. The van der Waals surface area contributed by atoms with Crippen LogP contribution in [-0.2, 0) is 16.4 Å². The first-order chi connectivity index (χ1) is 11.9. The number of hydrogen-bond acceptors (Lipinski definition) is 4. The van der Waals surface area contributed by atoms with Gasteiger partial charge in [0, 0.05) is 18.2 Å². The summed E-state index contributed by atoms with van der Waals surface area (Å²) in [6, 6.07) is 14.0. The SMILES string of the molecule is CCc1ccc(NS(=O)(=O)c2ccc(-c3nc(C)oc3C)cc2)cc1. The van der Waals surface area contributed by atoms with Crippen LogP contribution in [0, 0.1) is 13.8 Å². The van der Waals surface area contributed by atoms with Gasteiger partial charge in [-0.15, -0.1) is 0 Å². The van der Waals surface area contributed by atoms with E-state index in [0.29, 0.717) is 17.3 Å². The standard InChI is InChI=1S/C19H20N2O3S/c1-4-15-5-9-17(10-6-15)21-25(22,23)18-11-7-16(8-12-18)19-13(2)24-14(3)20-19/h5-12,21H,4H2,1-3H3. The molecular formula is C19H20N2O3S. The molecule has 25 heavy (non-hydrogen) atoms. The number of rotatable bonds is 5. The molecule has 0 saturated carbocycles. The van der Waals surface area contributed by atoms with Crippen molar-refractivity contribution in [3.05, 3.63) is 65.7 Å². The zero-order valence-corrected chi connectivity index (χ0v) is 15.2. The Balaban J connectivity index is 1.83. The Morgan fingerprint density at radius 1 is 1.00 bits per heavy atom. The summed E-state index contributed by atoms with van der Waals surface area (Å²) in [7, 11) is -3.63. The quantitative estimate of drug-likeness (QED) is 0.739. The number of aryl methyl sites for hydroxylation is 3. The topological polar surface area (TPSA) is 72.2 Å². The van der Waals surface area contributed by atoms with Crippen molar-refractivity contribution in [1.29, 1.82) is 0 Å². The Morgan fingerprint density at radius 2 is 1.64 bits per heavy atom. The maximum absolute atomic E-state index is 12.5. The molecule has 0 bridgehead atoms. The summed E-state index contributed by atoms with van der Waals surface area (Å²) in [6.45, 7) is 5.67. The smallest absolute Gasteiger partial charge is 0.261 e. The zero-order chi connectivity index (χ0) is 18.0. The molecule has 130 valence electrons. The van der Waals surface area contributed by atoms with Crippen molar-refractivity contribution in [2.75, 3.05) is 4.72 Å². The van der Waals surface area contributed by atoms with Crippen LogP contribution in [0.4, 0.5) is 5.69 Å². The second-order valence-electron chi connectivity index (χ2n) is 5.82. The molecule has 1 heterocycles. The molecule has 2 aromatic carbocycles. The zero-order valence-electron chi connectivity index (χ0n) is 14.4. The highest BCUT2D eigenvalue weighted by atomic mass is 32.2. The minimum Gasteiger partial charge on any atom is -0.446 e. The first kappa shape index (κ1) is 17.2. The van der Waals surface area contributed by atoms with Crippen LogP contribution in [0.1, 0.15) is 24.1 Å². The summed E-state index contributed by atoms with van der Waals surface area (Å²) < 4.78 is 33.1. The molecule has 0 spiro atoms. The Morgan fingerprint density at radius 3 is 2.16 bits per heavy atom. The van der Waals surface area contributed by atoms with E-state index in [2.05, 4.69) is 16.6 Å². The van der Waals surface area contributed by atoms with Gasteiger partial charge in [0.25, 0.3) is 10.0 Å². The first-order valence-corrected chi connectivity index (χ1v) is 9.53. The molecule has 3 rings (SSSR count). The lowest BCUT2D eigenvalue weighted by molar-refractivity contribution is 0.495. The molecule has 0 saturated heterocycles. The lowest BCUT2D eigenvalue weighted by atomic mass is 10.1. The van der Waals surface area contributed by atoms with Crippen LogP contribution in [0.5, 0.6) is 0 Å². The number of aromatic nitrogens is 1. The second-order valence-corrected chi connectivity index (χ2v) is 7.50. The molecule has 0 unspecified atom stereocenters. The number of nitrogens with zero attached hydrogens (tertiary/aromatic N) is 1. The van der Waals surface area contributed by atoms with Crippen LogP contribution in [0.3, 0.4) is 0 Å². The van der Waals surface area contributed by atoms with E-state index >= 15 is 0 Å². The summed E-state index contributed by atoms with van der Waals surface area (Å²) in [5.41, 5.74) is 3.25. The number of oxazole rings is 1. The molecule has 0 radical (unpaired) electrons. The van der Waals surface area contributed by atoms with E-state index in [4.69, 9.17) is 4.42 Å². The minimum absolute atomic E-state index is 0.202. The molecule has 5 nitrogen and oxygen atoms in total. The van der Waals surface area contributed by atoms with Crippen molar-refractivity contribution in [2.24, 2.45) is 0 Å². The largest absolute Gasteiger partial charge is 0.446 e. The fourth-order valence-corrected chi connectivity index (χ4v) is 3.67. The van der Waals surface area contributed by atoms with E-state index in [1.165, 1.54) is 0 Å². The van der Waals surface area contributed by atoms with Crippen LogP contribution >= 0.6 is 0 Å². The molecule has 0 fully saturated rings. The predicted molar refractivity (Wildman–Crippen MR) is 98.0 cm³/mol. The monoisotopic (exact) mass is 356 g/mol. The van der Waals surface area contributed by atoms with Gasteiger partial charge < -0.3 is 4.42 Å². The molecule has 0 aliphatic carbocycles. The number of hydrogen-bond donors (Lipinski definition) is 1. The van der Waals surface area contributed by atoms with Crippen LogP contribution in [0.2, 0.25) is 0 Å². The van der Waals surface area contributed by atoms with Gasteiger partial charge in [0.2, 0.25) is 0 Å². The number of sulfonamides is 1. The third kappa shape index (κ3) is 3.74. The van der Waals surface area contributed by atoms with Crippen molar-refractivity contribution in [1.82, 2.24) is 4.98 Å². The normalized spacial score (nSPS) is 11.5. The van der Waals surface area contributed by atoms with E-state index in [9.17, 15) is 8.42 Å². The van der Waals surface area contributed by atoms with Gasteiger partial charge in [-0.1, -0.05) is 31.2 Å². The summed E-state index contributed by atoms with van der Waals surface area (Å²) in [6.07, 6.45) is 0.912. The van der Waals surface area contributed by atoms with Gasteiger partial charge in [-0.3, -0.25) is 4.72 Å². The average Bonchev–Trinajstić information content (AvgIpc) is 2.94. The predicted octanol–water partition coefficient (Wildman–Crippen LogP) is 4.32. The third-order valence-corrected chi connectivity index (χ3v) is 5.35. The van der Waals surface area contributed by atoms with Crippen molar-refractivity contribution >= 4 is 15.7 Å². The highest BCUT2D eigenvalue weighted by Gasteiger charge is 2.15. The van der Waals surface area contributed by atoms with Crippen molar-refractivity contribution in [3.63, 3.8) is 0 Å². The Labute approximate surface area is 147 Å². The maximum Gasteiger partial charge on any atom is 0.261 e. The molecule has 0 aliphatic heterocycles. The molecule has 6 heteroatoms. The van der Waals surface area contributed by atoms with E-state index < -0.39 is 10.0 Å². The molecule has 0 aliphatic rings. The van der Waals surface area contributed by atoms with Gasteiger partial charge in [-0.25, -0.2) is 13.4 Å². The molecule has 1 N–H and O–H groups in total. The molecule has 3 aromatic rings. The van der Waals surface area contributed by atoms with Gasteiger partial charge in [-0.2, -0.15) is 0 Å². The summed E-state index contributed by atoms with van der Waals surface area (Å²) in [5, 5.41) is 0. The van der Waals surface area contributed by atoms with E-state index in [-0.39, 0.29) is 4.90 Å². The second kappa shape index (κ2) is 6.72. The highest BCUT2D eigenvalue weighted by Crippen LogP contribution is 2.25. The number of benzene rings is 2. The summed E-state index contributed by atoms with van der Waals surface area (Å²) in [4.78, 5) is 4.53. The van der Waals surface area contributed by atoms with E-state index in [0.717, 1.165) is 23.2 Å². The minimum atomic E-state index is -3.63. The van der Waals surface area contributed by atoms with Crippen LogP contribution in [-0.4, -0.2) is 13.4 Å². The maximum atomic E-state index is 12.5. The fourth-order valence-electron chi connectivity index (χ4n) is 2.61. The van der Waals surface area contributed by atoms with Crippen LogP contribution in [0.25, 0.3) is 11.3 Å². The van der Waals surface area contributed by atoms with Gasteiger partial charge in [0.05, 0.1) is 4.90 Å². The molecular weight excluding hydrogens is 336 g/mol. The molecule has 0 atom stereocenters. The van der Waals surface area contributed by atoms with Crippen molar-refractivity contribution < 1.29 is 12.8 Å². The van der Waals surface area contributed by atoms with Crippen molar-refractivity contribution in [2.45, 2.75) is 32.1 Å². The number of anilines is 1.